The Bertz CT molecular complexity index is 1140. The molecule has 4 rings (SSSR count). The molecule has 2 amide bonds. The zero-order chi connectivity index (χ0) is 24.5. The van der Waals surface area contributed by atoms with Gasteiger partial charge in [-0.3, -0.25) is 9.59 Å². The van der Waals surface area contributed by atoms with Crippen molar-refractivity contribution in [3.63, 3.8) is 0 Å². The molecule has 2 unspecified atom stereocenters. The molecule has 12 heteroatoms. The minimum atomic E-state index is -3.80. The van der Waals surface area contributed by atoms with Gasteiger partial charge in [0.15, 0.2) is 5.76 Å². The molecule has 2 aliphatic heterocycles. The molecule has 2 saturated heterocycles. The van der Waals surface area contributed by atoms with E-state index in [1.807, 2.05) is 4.90 Å². The van der Waals surface area contributed by atoms with Crippen molar-refractivity contribution in [3.8, 4) is 0 Å². The van der Waals surface area contributed by atoms with Gasteiger partial charge in [0.25, 0.3) is 0 Å². The Hall–Kier alpha value is -2.99. The van der Waals surface area contributed by atoms with Gasteiger partial charge in [0.05, 0.1) is 23.7 Å². The fraction of sp³-hybridized carbons (Fsp3) is 0.545. The van der Waals surface area contributed by atoms with Gasteiger partial charge in [-0.1, -0.05) is 5.16 Å². The van der Waals surface area contributed by atoms with E-state index in [0.717, 1.165) is 25.2 Å². The number of primary amides is 1. The summed E-state index contributed by atoms with van der Waals surface area (Å²) in [6.45, 7) is 4.91. The first-order chi connectivity index (χ1) is 16.2. The second kappa shape index (κ2) is 9.71. The molecule has 0 radical (unpaired) electrons. The number of carbonyl (C=O) groups excluding carboxylic acids is 2. The van der Waals surface area contributed by atoms with E-state index in [2.05, 4.69) is 15.5 Å². The standard InChI is InChI=1S/C22H30N6O5S/c1-14-20(15(2)33-26-14)34(31,32)28-10-4-6-17(13-28)22(30)25-18-7-8-19(24-11-18)27-9-3-5-16(12-27)21(23)29/h7-8,11,16-17H,3-6,9-10,12-13H2,1-2H3,(H2,23,29)(H,25,30). The molecule has 0 bridgehead atoms. The third kappa shape index (κ3) is 4.92. The van der Waals surface area contributed by atoms with E-state index < -0.39 is 15.9 Å². The van der Waals surface area contributed by atoms with Crippen LogP contribution >= 0.6 is 0 Å². The maximum Gasteiger partial charge on any atom is 0.248 e. The monoisotopic (exact) mass is 490 g/mol. The first-order valence-corrected chi connectivity index (χ1v) is 12.8. The SMILES string of the molecule is Cc1noc(C)c1S(=O)(=O)N1CCCC(C(=O)Nc2ccc(N3CCCC(C(N)=O)C3)nc2)C1. The van der Waals surface area contributed by atoms with E-state index in [4.69, 9.17) is 10.3 Å². The van der Waals surface area contributed by atoms with Crippen LogP contribution in [0.15, 0.2) is 27.7 Å². The molecule has 11 nitrogen and oxygen atoms in total. The number of pyridine rings is 1. The number of hydrogen-bond donors (Lipinski definition) is 2. The Labute approximate surface area is 198 Å². The minimum absolute atomic E-state index is 0.0737. The van der Waals surface area contributed by atoms with Crippen molar-refractivity contribution in [2.24, 2.45) is 17.6 Å². The van der Waals surface area contributed by atoms with Crippen LogP contribution in [-0.4, -0.2) is 60.9 Å². The highest BCUT2D eigenvalue weighted by atomic mass is 32.2. The van der Waals surface area contributed by atoms with Crippen LogP contribution in [-0.2, 0) is 19.6 Å². The number of amides is 2. The van der Waals surface area contributed by atoms with Crippen LogP contribution in [0.5, 0.6) is 0 Å². The van der Waals surface area contributed by atoms with Crippen molar-refractivity contribution in [2.75, 3.05) is 36.4 Å². The lowest BCUT2D eigenvalue weighted by Crippen LogP contribution is -2.44. The number of nitrogens with zero attached hydrogens (tertiary/aromatic N) is 4. The number of nitrogens with two attached hydrogens (primary N) is 1. The molecule has 2 aromatic heterocycles. The Kier molecular flexibility index (Phi) is 6.89. The van der Waals surface area contributed by atoms with E-state index in [1.54, 1.807) is 32.2 Å². The Morgan fingerprint density at radius 3 is 2.50 bits per heavy atom. The number of anilines is 2. The molecule has 4 heterocycles. The summed E-state index contributed by atoms with van der Waals surface area (Å²) in [6, 6.07) is 3.56. The average Bonchev–Trinajstić information content (AvgIpc) is 3.18. The number of aryl methyl sites for hydroxylation is 2. The molecule has 34 heavy (non-hydrogen) atoms. The van der Waals surface area contributed by atoms with Crippen LogP contribution in [0.1, 0.15) is 37.1 Å². The highest BCUT2D eigenvalue weighted by Crippen LogP contribution is 2.28. The van der Waals surface area contributed by atoms with E-state index in [1.165, 1.54) is 4.31 Å². The van der Waals surface area contributed by atoms with E-state index in [0.29, 0.717) is 37.3 Å². The van der Waals surface area contributed by atoms with Crippen LogP contribution < -0.4 is 16.0 Å². The Balaban J connectivity index is 1.39. The third-order valence-electron chi connectivity index (χ3n) is 6.48. The number of hydrogen-bond acceptors (Lipinski definition) is 8. The van der Waals surface area contributed by atoms with Crippen LogP contribution in [0.25, 0.3) is 0 Å². The average molecular weight is 491 g/mol. The summed E-state index contributed by atoms with van der Waals surface area (Å²) in [4.78, 5) is 31.0. The van der Waals surface area contributed by atoms with Gasteiger partial charge < -0.3 is 20.5 Å². The highest BCUT2D eigenvalue weighted by Gasteiger charge is 2.36. The maximum absolute atomic E-state index is 13.1. The zero-order valence-electron chi connectivity index (χ0n) is 19.4. The lowest BCUT2D eigenvalue weighted by Gasteiger charge is -2.32. The molecule has 0 saturated carbocycles. The largest absolute Gasteiger partial charge is 0.369 e. The van der Waals surface area contributed by atoms with E-state index in [-0.39, 0.29) is 34.9 Å². The van der Waals surface area contributed by atoms with Gasteiger partial charge in [0, 0.05) is 26.2 Å². The molecule has 2 atom stereocenters. The summed E-state index contributed by atoms with van der Waals surface area (Å²) in [5, 5.41) is 6.60. The van der Waals surface area contributed by atoms with Gasteiger partial charge in [-0.2, -0.15) is 4.31 Å². The third-order valence-corrected chi connectivity index (χ3v) is 8.59. The fourth-order valence-electron chi connectivity index (χ4n) is 4.66. The molecular formula is C22H30N6O5S. The van der Waals surface area contributed by atoms with Gasteiger partial charge >= 0.3 is 0 Å². The van der Waals surface area contributed by atoms with Crippen molar-refractivity contribution in [3.05, 3.63) is 29.8 Å². The molecular weight excluding hydrogens is 460 g/mol. The van der Waals surface area contributed by atoms with Gasteiger partial charge in [0.1, 0.15) is 16.4 Å². The predicted octanol–water partition coefficient (Wildman–Crippen LogP) is 1.43. The van der Waals surface area contributed by atoms with Gasteiger partial charge in [-0.05, 0) is 51.7 Å². The van der Waals surface area contributed by atoms with Crippen molar-refractivity contribution < 1.29 is 22.5 Å². The van der Waals surface area contributed by atoms with Crippen molar-refractivity contribution in [2.45, 2.75) is 44.4 Å². The summed E-state index contributed by atoms with van der Waals surface area (Å²) < 4.78 is 32.6. The van der Waals surface area contributed by atoms with Crippen LogP contribution in [0.3, 0.4) is 0 Å². The van der Waals surface area contributed by atoms with E-state index >= 15 is 0 Å². The smallest absolute Gasteiger partial charge is 0.248 e. The number of nitrogens with one attached hydrogen (secondary N) is 1. The first-order valence-electron chi connectivity index (χ1n) is 11.4. The molecule has 0 aliphatic carbocycles. The summed E-state index contributed by atoms with van der Waals surface area (Å²) in [5.74, 6) is -0.260. The quantitative estimate of drug-likeness (QED) is 0.617. The van der Waals surface area contributed by atoms with Crippen LogP contribution in [0.4, 0.5) is 11.5 Å². The maximum atomic E-state index is 13.1. The first kappa shape index (κ1) is 24.1. The normalized spacial score (nSPS) is 21.9. The predicted molar refractivity (Wildman–Crippen MR) is 124 cm³/mol. The van der Waals surface area contributed by atoms with Gasteiger partial charge in [-0.25, -0.2) is 13.4 Å². The Morgan fingerprint density at radius 1 is 1.12 bits per heavy atom. The number of carbonyl (C=O) groups is 2. The lowest BCUT2D eigenvalue weighted by molar-refractivity contribution is -0.122. The van der Waals surface area contributed by atoms with Crippen molar-refractivity contribution >= 4 is 33.3 Å². The summed E-state index contributed by atoms with van der Waals surface area (Å²) >= 11 is 0. The zero-order valence-corrected chi connectivity index (χ0v) is 20.2. The highest BCUT2D eigenvalue weighted by molar-refractivity contribution is 7.89. The van der Waals surface area contributed by atoms with Crippen LogP contribution in [0, 0.1) is 25.7 Å². The molecule has 2 fully saturated rings. The summed E-state index contributed by atoms with van der Waals surface area (Å²) in [7, 11) is -3.80. The van der Waals surface area contributed by atoms with Crippen molar-refractivity contribution in [1.82, 2.24) is 14.4 Å². The lowest BCUT2D eigenvalue weighted by atomic mass is 9.97. The molecule has 3 N–H and O–H groups in total. The molecule has 0 aromatic carbocycles. The number of piperidine rings is 2. The van der Waals surface area contributed by atoms with Gasteiger partial charge in [-0.15, -0.1) is 0 Å². The van der Waals surface area contributed by atoms with Crippen LogP contribution in [0.2, 0.25) is 0 Å². The van der Waals surface area contributed by atoms with Gasteiger partial charge in [0.2, 0.25) is 21.8 Å². The number of sulfonamides is 1. The second-order valence-corrected chi connectivity index (χ2v) is 10.8. The molecule has 2 aromatic rings. The molecule has 0 spiro atoms. The van der Waals surface area contributed by atoms with Crippen molar-refractivity contribution in [1.29, 1.82) is 0 Å². The fourth-order valence-corrected chi connectivity index (χ4v) is 6.47. The summed E-state index contributed by atoms with van der Waals surface area (Å²) in [5.41, 5.74) is 6.30. The Morgan fingerprint density at radius 2 is 1.85 bits per heavy atom. The summed E-state index contributed by atoms with van der Waals surface area (Å²) in [6.07, 6.45) is 4.39. The molecule has 184 valence electrons. The second-order valence-electron chi connectivity index (χ2n) is 8.94. The number of aromatic nitrogens is 2. The molecule has 2 aliphatic rings. The minimum Gasteiger partial charge on any atom is -0.369 e. The van der Waals surface area contributed by atoms with E-state index in [9.17, 15) is 18.0 Å². The number of rotatable bonds is 6. The topological polar surface area (TPSA) is 152 Å².